The number of hydrogen-bond acceptors (Lipinski definition) is 2. The van der Waals surface area contributed by atoms with Crippen molar-refractivity contribution in [3.8, 4) is 0 Å². The van der Waals surface area contributed by atoms with E-state index < -0.39 is 0 Å². The van der Waals surface area contributed by atoms with Crippen LogP contribution in [0.3, 0.4) is 0 Å². The van der Waals surface area contributed by atoms with E-state index in [1.807, 2.05) is 19.1 Å². The van der Waals surface area contributed by atoms with E-state index in [0.29, 0.717) is 5.76 Å². The Bertz CT molecular complexity index is 214. The quantitative estimate of drug-likeness (QED) is 0.374. The fourth-order valence-corrected chi connectivity index (χ4v) is 1.15. The van der Waals surface area contributed by atoms with Gasteiger partial charge in [0.25, 0.3) is 0 Å². The monoisotopic (exact) mass is 152 g/mol. The van der Waals surface area contributed by atoms with Crippen molar-refractivity contribution in [1.29, 1.82) is 0 Å². The lowest BCUT2D eigenvalue weighted by atomic mass is 9.93. The Labute approximate surface area is 66.4 Å². The molecule has 0 aromatic heterocycles. The highest BCUT2D eigenvalue weighted by Gasteiger charge is 2.17. The van der Waals surface area contributed by atoms with Crippen LogP contribution in [0.2, 0.25) is 0 Å². The third-order valence-corrected chi connectivity index (χ3v) is 1.81. The van der Waals surface area contributed by atoms with Crippen molar-refractivity contribution in [2.45, 2.75) is 13.3 Å². The molecule has 0 aromatic carbocycles. The van der Waals surface area contributed by atoms with Gasteiger partial charge in [-0.3, -0.25) is 0 Å². The van der Waals surface area contributed by atoms with Crippen LogP contribution in [0.15, 0.2) is 36.1 Å². The first kappa shape index (κ1) is 8.08. The molecule has 0 spiro atoms. The lowest BCUT2D eigenvalue weighted by Gasteiger charge is -2.17. The van der Waals surface area contributed by atoms with Gasteiger partial charge in [-0.2, -0.15) is 0 Å². The molecule has 0 unspecified atom stereocenters. The molecule has 2 heteroatoms. The maximum atomic E-state index is 8.47. The van der Waals surface area contributed by atoms with Crippen LogP contribution in [-0.4, -0.2) is 5.26 Å². The van der Waals surface area contributed by atoms with E-state index in [1.165, 1.54) is 0 Å². The van der Waals surface area contributed by atoms with Crippen LogP contribution in [0, 0.1) is 5.92 Å². The van der Waals surface area contributed by atoms with E-state index in [4.69, 9.17) is 5.26 Å². The normalized spacial score (nSPS) is 22.7. The molecule has 0 saturated carbocycles. The summed E-state index contributed by atoms with van der Waals surface area (Å²) < 4.78 is 0. The van der Waals surface area contributed by atoms with Gasteiger partial charge in [-0.05, 0) is 19.4 Å². The lowest BCUT2D eigenvalue weighted by molar-refractivity contribution is -0.210. The van der Waals surface area contributed by atoms with E-state index in [1.54, 1.807) is 6.08 Å². The van der Waals surface area contributed by atoms with E-state index in [-0.39, 0.29) is 5.92 Å². The van der Waals surface area contributed by atoms with Crippen LogP contribution in [-0.2, 0) is 4.89 Å². The molecule has 0 aliphatic heterocycles. The van der Waals surface area contributed by atoms with Gasteiger partial charge in [-0.15, -0.1) is 0 Å². The lowest BCUT2D eigenvalue weighted by Crippen LogP contribution is -2.08. The molecule has 2 nitrogen and oxygen atoms in total. The molecule has 0 saturated heterocycles. The van der Waals surface area contributed by atoms with Crippen LogP contribution in [0.4, 0.5) is 0 Å². The standard InChI is InChI=1S/C9H12O2/c1-7(2)8-5-3-4-6-9(8)11-10/h3-4,6,8,10H,1,5H2,2H3/t8-/m1/s1. The number of allylic oxidation sites excluding steroid dienone is 4. The minimum absolute atomic E-state index is 0.144. The second-order valence-corrected chi connectivity index (χ2v) is 2.72. The van der Waals surface area contributed by atoms with Crippen molar-refractivity contribution in [1.82, 2.24) is 0 Å². The van der Waals surface area contributed by atoms with E-state index in [2.05, 4.69) is 11.5 Å². The Hall–Kier alpha value is -1.02. The molecule has 1 rings (SSSR count). The Morgan fingerprint density at radius 3 is 3.00 bits per heavy atom. The van der Waals surface area contributed by atoms with Gasteiger partial charge in [0.15, 0.2) is 0 Å². The summed E-state index contributed by atoms with van der Waals surface area (Å²) in [5, 5.41) is 8.47. The summed E-state index contributed by atoms with van der Waals surface area (Å²) in [5.41, 5.74) is 1.01. The predicted octanol–water partition coefficient (Wildman–Crippen LogP) is 2.51. The topological polar surface area (TPSA) is 29.5 Å². The van der Waals surface area contributed by atoms with Gasteiger partial charge in [0.05, 0.1) is 0 Å². The fourth-order valence-electron chi connectivity index (χ4n) is 1.15. The number of hydrogen-bond donors (Lipinski definition) is 1. The average molecular weight is 152 g/mol. The van der Waals surface area contributed by atoms with Crippen molar-refractivity contribution in [3.63, 3.8) is 0 Å². The third-order valence-electron chi connectivity index (χ3n) is 1.81. The van der Waals surface area contributed by atoms with Crippen molar-refractivity contribution < 1.29 is 10.1 Å². The number of rotatable bonds is 2. The molecule has 0 radical (unpaired) electrons. The second kappa shape index (κ2) is 3.39. The van der Waals surface area contributed by atoms with Crippen molar-refractivity contribution in [3.05, 3.63) is 36.1 Å². The van der Waals surface area contributed by atoms with E-state index >= 15 is 0 Å². The molecule has 1 aliphatic rings. The van der Waals surface area contributed by atoms with Gasteiger partial charge in [-0.25, -0.2) is 5.26 Å². The minimum atomic E-state index is 0.144. The molecule has 0 fully saturated rings. The van der Waals surface area contributed by atoms with Gasteiger partial charge < -0.3 is 4.89 Å². The molecule has 0 aromatic rings. The van der Waals surface area contributed by atoms with E-state index in [0.717, 1.165) is 12.0 Å². The molecule has 1 N–H and O–H groups in total. The van der Waals surface area contributed by atoms with Gasteiger partial charge in [-0.1, -0.05) is 24.3 Å². The average Bonchev–Trinajstić information content (AvgIpc) is 2.04. The summed E-state index contributed by atoms with van der Waals surface area (Å²) >= 11 is 0. The van der Waals surface area contributed by atoms with Crippen LogP contribution in [0.25, 0.3) is 0 Å². The van der Waals surface area contributed by atoms with Crippen LogP contribution < -0.4 is 0 Å². The molecular weight excluding hydrogens is 140 g/mol. The SMILES string of the molecule is C=C(C)[C@H]1CC=CC=C1OO. The van der Waals surface area contributed by atoms with Gasteiger partial charge >= 0.3 is 0 Å². The predicted molar refractivity (Wildman–Crippen MR) is 43.9 cm³/mol. The molecule has 60 valence electrons. The maximum absolute atomic E-state index is 8.47. The summed E-state index contributed by atoms with van der Waals surface area (Å²) in [5.74, 6) is 0.727. The van der Waals surface area contributed by atoms with Crippen molar-refractivity contribution in [2.24, 2.45) is 5.92 Å². The van der Waals surface area contributed by atoms with Gasteiger partial charge in [0.2, 0.25) is 0 Å². The van der Waals surface area contributed by atoms with Crippen LogP contribution in [0.1, 0.15) is 13.3 Å². The Morgan fingerprint density at radius 2 is 2.55 bits per heavy atom. The smallest absolute Gasteiger partial charge is 0.149 e. The van der Waals surface area contributed by atoms with Crippen molar-refractivity contribution in [2.75, 3.05) is 0 Å². The van der Waals surface area contributed by atoms with E-state index in [9.17, 15) is 0 Å². The summed E-state index contributed by atoms with van der Waals surface area (Å²) in [4.78, 5) is 4.21. The summed E-state index contributed by atoms with van der Waals surface area (Å²) in [7, 11) is 0. The first-order chi connectivity index (χ1) is 5.25. The van der Waals surface area contributed by atoms with Crippen molar-refractivity contribution >= 4 is 0 Å². The first-order valence-electron chi connectivity index (χ1n) is 3.59. The third kappa shape index (κ3) is 1.71. The zero-order valence-corrected chi connectivity index (χ0v) is 6.58. The van der Waals surface area contributed by atoms with Crippen LogP contribution in [0.5, 0.6) is 0 Å². The minimum Gasteiger partial charge on any atom is -0.344 e. The molecule has 0 heterocycles. The molecule has 11 heavy (non-hydrogen) atoms. The highest BCUT2D eigenvalue weighted by molar-refractivity contribution is 5.23. The molecule has 1 atom stereocenters. The zero-order valence-electron chi connectivity index (χ0n) is 6.58. The second-order valence-electron chi connectivity index (χ2n) is 2.72. The maximum Gasteiger partial charge on any atom is 0.149 e. The molecular formula is C9H12O2. The molecule has 0 amide bonds. The Balaban J connectivity index is 2.75. The van der Waals surface area contributed by atoms with Gasteiger partial charge in [0.1, 0.15) is 5.76 Å². The summed E-state index contributed by atoms with van der Waals surface area (Å²) in [6, 6.07) is 0. The molecule has 0 bridgehead atoms. The Kier molecular flexibility index (Phi) is 2.49. The largest absolute Gasteiger partial charge is 0.344 e. The summed E-state index contributed by atoms with van der Waals surface area (Å²) in [6.45, 7) is 5.74. The summed E-state index contributed by atoms with van der Waals surface area (Å²) in [6.07, 6.45) is 6.51. The van der Waals surface area contributed by atoms with Gasteiger partial charge in [0, 0.05) is 5.92 Å². The Morgan fingerprint density at radius 1 is 1.82 bits per heavy atom. The zero-order chi connectivity index (χ0) is 8.27. The first-order valence-corrected chi connectivity index (χ1v) is 3.59. The highest BCUT2D eigenvalue weighted by Crippen LogP contribution is 2.26. The highest BCUT2D eigenvalue weighted by atomic mass is 17.1. The van der Waals surface area contributed by atoms with Crippen LogP contribution >= 0.6 is 0 Å². The fraction of sp³-hybridized carbons (Fsp3) is 0.333. The molecule has 1 aliphatic carbocycles.